The van der Waals surface area contributed by atoms with Crippen molar-refractivity contribution in [1.82, 2.24) is 0 Å². The van der Waals surface area contributed by atoms with Gasteiger partial charge in [0.1, 0.15) is 0 Å². The molecule has 2 rings (SSSR count). The molecule has 0 bridgehead atoms. The summed E-state index contributed by atoms with van der Waals surface area (Å²) in [5.41, 5.74) is 0. The van der Waals surface area contributed by atoms with E-state index in [9.17, 15) is 0 Å². The molecule has 2 aliphatic heterocycles. The molecule has 2 atom stereocenters. The van der Waals surface area contributed by atoms with E-state index in [2.05, 4.69) is 0 Å². The SMILES string of the molecule is C(CCCCCCCCC1CO1)CCCCCCCOCCCCCCCCCCCCCCCCC1CO1. The van der Waals surface area contributed by atoms with Crippen LogP contribution in [0.25, 0.3) is 0 Å². The monoisotopic (exact) mass is 551 g/mol. The summed E-state index contributed by atoms with van der Waals surface area (Å²) in [6.45, 7) is 4.05. The van der Waals surface area contributed by atoms with Crippen LogP contribution in [-0.2, 0) is 14.2 Å². The molecular formula is C36H70O3. The zero-order chi connectivity index (χ0) is 27.3. The van der Waals surface area contributed by atoms with Gasteiger partial charge >= 0.3 is 0 Å². The first kappa shape index (κ1) is 35.1. The zero-order valence-electron chi connectivity index (χ0n) is 26.4. The molecule has 0 aliphatic carbocycles. The average molecular weight is 551 g/mol. The van der Waals surface area contributed by atoms with Crippen molar-refractivity contribution >= 4 is 0 Å². The van der Waals surface area contributed by atoms with Crippen molar-refractivity contribution in [3.8, 4) is 0 Å². The van der Waals surface area contributed by atoms with Gasteiger partial charge in [0.2, 0.25) is 0 Å². The highest BCUT2D eigenvalue weighted by molar-refractivity contribution is 4.68. The van der Waals surface area contributed by atoms with Gasteiger partial charge in [-0.05, 0) is 25.7 Å². The van der Waals surface area contributed by atoms with E-state index >= 15 is 0 Å². The van der Waals surface area contributed by atoms with Crippen LogP contribution in [0, 0.1) is 0 Å². The maximum Gasteiger partial charge on any atom is 0.0810 e. The van der Waals surface area contributed by atoms with E-state index in [1.807, 2.05) is 0 Å². The maximum absolute atomic E-state index is 5.88. The Labute approximate surface area is 245 Å². The van der Waals surface area contributed by atoms with Gasteiger partial charge < -0.3 is 14.2 Å². The van der Waals surface area contributed by atoms with Crippen LogP contribution in [0.3, 0.4) is 0 Å². The van der Waals surface area contributed by atoms with Gasteiger partial charge in [-0.2, -0.15) is 0 Å². The molecule has 0 N–H and O–H groups in total. The Morgan fingerprint density at radius 3 is 0.744 bits per heavy atom. The fourth-order valence-electron chi connectivity index (χ4n) is 5.97. The molecule has 2 unspecified atom stereocenters. The molecule has 0 radical (unpaired) electrons. The van der Waals surface area contributed by atoms with Crippen molar-refractivity contribution in [2.45, 2.75) is 205 Å². The van der Waals surface area contributed by atoms with E-state index in [1.54, 1.807) is 0 Å². The first-order valence-corrected chi connectivity index (χ1v) is 18.3. The van der Waals surface area contributed by atoms with Gasteiger partial charge in [-0.1, -0.05) is 167 Å². The third-order valence-electron chi connectivity index (χ3n) is 8.93. The molecule has 0 aromatic heterocycles. The van der Waals surface area contributed by atoms with E-state index in [0.29, 0.717) is 12.2 Å². The predicted molar refractivity (Wildman–Crippen MR) is 169 cm³/mol. The third kappa shape index (κ3) is 27.8. The highest BCUT2D eigenvalue weighted by Crippen LogP contribution is 2.20. The molecular weight excluding hydrogens is 480 g/mol. The largest absolute Gasteiger partial charge is 0.381 e. The van der Waals surface area contributed by atoms with Crippen molar-refractivity contribution in [3.63, 3.8) is 0 Å². The molecule has 39 heavy (non-hydrogen) atoms. The van der Waals surface area contributed by atoms with Crippen molar-refractivity contribution in [3.05, 3.63) is 0 Å². The molecule has 0 aromatic carbocycles. The molecule has 0 amide bonds. The maximum atomic E-state index is 5.88. The predicted octanol–water partition coefficient (Wildman–Crippen LogP) is 11.5. The summed E-state index contributed by atoms with van der Waals surface area (Å²) in [4.78, 5) is 0. The number of ether oxygens (including phenoxy) is 3. The molecule has 2 fully saturated rings. The average Bonchev–Trinajstić information content (AvgIpc) is 3.87. The van der Waals surface area contributed by atoms with E-state index in [4.69, 9.17) is 14.2 Å². The topological polar surface area (TPSA) is 34.3 Å². The van der Waals surface area contributed by atoms with Crippen LogP contribution in [0.15, 0.2) is 0 Å². The minimum Gasteiger partial charge on any atom is -0.381 e. The number of unbranched alkanes of at least 4 members (excludes halogenated alkanes) is 26. The summed E-state index contributed by atoms with van der Waals surface area (Å²) in [5, 5.41) is 0. The van der Waals surface area contributed by atoms with Gasteiger partial charge in [-0.25, -0.2) is 0 Å². The molecule has 232 valence electrons. The first-order chi connectivity index (χ1) is 19.4. The van der Waals surface area contributed by atoms with Gasteiger partial charge in [0.25, 0.3) is 0 Å². The lowest BCUT2D eigenvalue weighted by atomic mass is 10.0. The third-order valence-corrected chi connectivity index (χ3v) is 8.93. The minimum absolute atomic E-state index is 0.639. The standard InChI is InChI=1S/C36H70O3/c1(5-9-13-17-21-25-29-35-33-38-35)3-7-11-15-19-23-27-31-37-32-28-24-20-16-12-8-4-2-6-10-14-18-22-26-30-36-34-39-36/h35-36H,1-34H2. The lowest BCUT2D eigenvalue weighted by Crippen LogP contribution is -1.97. The molecule has 3 heteroatoms. The highest BCUT2D eigenvalue weighted by Gasteiger charge is 2.21. The van der Waals surface area contributed by atoms with Crippen molar-refractivity contribution in [2.24, 2.45) is 0 Å². The van der Waals surface area contributed by atoms with Crippen LogP contribution in [0.2, 0.25) is 0 Å². The summed E-state index contributed by atoms with van der Waals surface area (Å²) < 4.78 is 16.4. The van der Waals surface area contributed by atoms with Gasteiger partial charge in [0.05, 0.1) is 25.4 Å². The van der Waals surface area contributed by atoms with Gasteiger partial charge in [0, 0.05) is 13.2 Å². The molecule has 3 nitrogen and oxygen atoms in total. The van der Waals surface area contributed by atoms with Crippen LogP contribution in [0.5, 0.6) is 0 Å². The highest BCUT2D eigenvalue weighted by atomic mass is 16.6. The van der Waals surface area contributed by atoms with Crippen LogP contribution in [0.1, 0.15) is 193 Å². The van der Waals surface area contributed by atoms with Gasteiger partial charge in [0.15, 0.2) is 0 Å². The van der Waals surface area contributed by atoms with E-state index in [-0.39, 0.29) is 0 Å². The number of hydrogen-bond acceptors (Lipinski definition) is 3. The Morgan fingerprint density at radius 1 is 0.308 bits per heavy atom. The van der Waals surface area contributed by atoms with Gasteiger partial charge in [-0.15, -0.1) is 0 Å². The zero-order valence-corrected chi connectivity index (χ0v) is 26.4. The Bertz CT molecular complexity index is 432. The Hall–Kier alpha value is -0.120. The number of rotatable bonds is 34. The molecule has 2 aliphatic rings. The second kappa shape index (κ2) is 28.0. The van der Waals surface area contributed by atoms with Crippen LogP contribution in [0.4, 0.5) is 0 Å². The van der Waals surface area contributed by atoms with E-state index in [1.165, 1.54) is 193 Å². The fraction of sp³-hybridized carbons (Fsp3) is 1.00. The lowest BCUT2D eigenvalue weighted by molar-refractivity contribution is 0.125. The molecule has 0 aromatic rings. The summed E-state index contributed by atoms with van der Waals surface area (Å²) in [7, 11) is 0. The van der Waals surface area contributed by atoms with E-state index < -0.39 is 0 Å². The minimum atomic E-state index is 0.639. The summed E-state index contributed by atoms with van der Waals surface area (Å²) in [5.74, 6) is 0. The molecule has 0 saturated carbocycles. The first-order valence-electron chi connectivity index (χ1n) is 18.3. The second-order valence-electron chi connectivity index (χ2n) is 13.0. The lowest BCUT2D eigenvalue weighted by Gasteiger charge is -2.06. The Kier molecular flexibility index (Phi) is 25.2. The Morgan fingerprint density at radius 2 is 0.513 bits per heavy atom. The molecule has 2 saturated heterocycles. The second-order valence-corrected chi connectivity index (χ2v) is 13.0. The van der Waals surface area contributed by atoms with Crippen molar-refractivity contribution in [2.75, 3.05) is 26.4 Å². The smallest absolute Gasteiger partial charge is 0.0810 e. The number of epoxide rings is 2. The van der Waals surface area contributed by atoms with Gasteiger partial charge in [-0.3, -0.25) is 0 Å². The normalized spacial score (nSPS) is 18.2. The molecule has 2 heterocycles. The van der Waals surface area contributed by atoms with Crippen LogP contribution >= 0.6 is 0 Å². The quantitative estimate of drug-likeness (QED) is 0.0590. The van der Waals surface area contributed by atoms with Crippen LogP contribution < -0.4 is 0 Å². The fourth-order valence-corrected chi connectivity index (χ4v) is 5.97. The molecule has 0 spiro atoms. The van der Waals surface area contributed by atoms with Crippen molar-refractivity contribution < 1.29 is 14.2 Å². The van der Waals surface area contributed by atoms with Crippen LogP contribution in [-0.4, -0.2) is 38.6 Å². The summed E-state index contributed by atoms with van der Waals surface area (Å²) >= 11 is 0. The Balaban J connectivity index is 1.10. The summed E-state index contributed by atoms with van der Waals surface area (Å²) in [6, 6.07) is 0. The number of hydrogen-bond donors (Lipinski definition) is 0. The van der Waals surface area contributed by atoms with E-state index in [0.717, 1.165) is 26.4 Å². The van der Waals surface area contributed by atoms with Crippen molar-refractivity contribution in [1.29, 1.82) is 0 Å². The summed E-state index contributed by atoms with van der Waals surface area (Å²) in [6.07, 6.45) is 43.7.